The van der Waals surface area contributed by atoms with Crippen LogP contribution in [0.2, 0.25) is 18.2 Å². The van der Waals surface area contributed by atoms with Crippen LogP contribution in [0, 0.1) is 24.2 Å². The Bertz CT molecular complexity index is 213. The molecular weight excluding hydrogens is 275 g/mol. The molecule has 2 unspecified atom stereocenters. The number of hydrogen-bond donors (Lipinski definition) is 0. The maximum atomic E-state index is 2.73. The van der Waals surface area contributed by atoms with Gasteiger partial charge in [0.2, 0.25) is 0 Å². The summed E-state index contributed by atoms with van der Waals surface area (Å²) >= 11 is -1.68. The zero-order chi connectivity index (χ0) is 9.97. The van der Waals surface area contributed by atoms with Crippen LogP contribution in [0.15, 0.2) is 0 Å². The van der Waals surface area contributed by atoms with Crippen LogP contribution in [0.1, 0.15) is 32.1 Å². The summed E-state index contributed by atoms with van der Waals surface area (Å²) in [6.07, 6.45) is 10.7. The van der Waals surface area contributed by atoms with Crippen LogP contribution in [0.25, 0.3) is 0 Å². The Kier molecular flexibility index (Phi) is 2.09. The van der Waals surface area contributed by atoms with Crippen molar-refractivity contribution in [1.29, 1.82) is 0 Å². The van der Waals surface area contributed by atoms with Crippen molar-refractivity contribution in [3.8, 4) is 0 Å². The summed E-state index contributed by atoms with van der Waals surface area (Å²) in [5.74, 6) is 3.21. The predicted octanol–water partition coefficient (Wildman–Crippen LogP) is 4.11. The molecule has 4 saturated carbocycles. The molecule has 0 aromatic rings. The average Bonchev–Trinajstić information content (AvgIpc) is 1.98. The van der Waals surface area contributed by atoms with Crippen molar-refractivity contribution in [2.24, 2.45) is 17.8 Å². The molecule has 0 N–H and O–H groups in total. The zero-order valence-corrected chi connectivity index (χ0v) is 12.7. The second kappa shape index (κ2) is 2.92. The third kappa shape index (κ3) is 1.32. The third-order valence-corrected chi connectivity index (χ3v) is 16.2. The van der Waals surface area contributed by atoms with Gasteiger partial charge in [0.05, 0.1) is 0 Å². The van der Waals surface area contributed by atoms with Crippen LogP contribution < -0.4 is 0 Å². The van der Waals surface area contributed by atoms with E-state index in [4.69, 9.17) is 0 Å². The fourth-order valence-corrected chi connectivity index (χ4v) is 12.3. The van der Waals surface area contributed by atoms with E-state index in [-0.39, 0.29) is 0 Å². The van der Waals surface area contributed by atoms with Crippen molar-refractivity contribution in [1.82, 2.24) is 0 Å². The van der Waals surface area contributed by atoms with E-state index in [1.165, 1.54) is 0 Å². The van der Waals surface area contributed by atoms with Gasteiger partial charge in [-0.25, -0.2) is 0 Å². The van der Waals surface area contributed by atoms with E-state index in [9.17, 15) is 0 Å². The monoisotopic (exact) mass is 299 g/mol. The molecule has 0 aromatic carbocycles. The molecule has 4 fully saturated rings. The molecule has 4 aliphatic rings. The first-order chi connectivity index (χ1) is 6.48. The standard InChI is InChI=1S/C10H14.3CH3.Sn/c1-7-2-9-4-8(1)5-10(3-7)6-9;;;;/h1,7-9H,2-6H2;3*1H3;/t7-,8+,9?;;;;. The second-order valence-electron chi connectivity index (χ2n) is 7.19. The Morgan fingerprint density at radius 2 is 1.57 bits per heavy atom. The molecule has 0 saturated heterocycles. The quantitative estimate of drug-likeness (QED) is 0.639. The Hall–Kier alpha value is 0.799. The van der Waals surface area contributed by atoms with E-state index in [1.54, 1.807) is 32.1 Å². The molecule has 0 amide bonds. The molecule has 4 aliphatic carbocycles. The fraction of sp³-hybridized carbons (Fsp3) is 0.923. The van der Waals surface area contributed by atoms with Crippen LogP contribution in [-0.4, -0.2) is 18.4 Å². The normalized spacial score (nSPS) is 51.2. The Balaban J connectivity index is 1.95. The second-order valence-corrected chi connectivity index (χ2v) is 23.1. The molecule has 14 heavy (non-hydrogen) atoms. The van der Waals surface area contributed by atoms with Crippen LogP contribution in [0.5, 0.6) is 0 Å². The van der Waals surface area contributed by atoms with Gasteiger partial charge in [-0.05, 0) is 0 Å². The van der Waals surface area contributed by atoms with Crippen molar-refractivity contribution in [2.45, 2.75) is 50.4 Å². The third-order valence-electron chi connectivity index (χ3n) is 5.39. The minimum atomic E-state index is -1.68. The summed E-state index contributed by atoms with van der Waals surface area (Å²) in [6, 6.07) is 0. The zero-order valence-electron chi connectivity index (χ0n) is 9.84. The first-order valence-electron chi connectivity index (χ1n) is 6.34. The van der Waals surface area contributed by atoms with E-state index in [1.807, 2.05) is 0 Å². The topological polar surface area (TPSA) is 0 Å². The van der Waals surface area contributed by atoms with Crippen molar-refractivity contribution in [3.63, 3.8) is 0 Å². The summed E-state index contributed by atoms with van der Waals surface area (Å²) in [5, 5.41) is 0. The Morgan fingerprint density at radius 1 is 1.00 bits per heavy atom. The average molecular weight is 298 g/mol. The van der Waals surface area contributed by atoms with Gasteiger partial charge in [-0.3, -0.25) is 0 Å². The van der Waals surface area contributed by atoms with Gasteiger partial charge in [0.25, 0.3) is 0 Å². The summed E-state index contributed by atoms with van der Waals surface area (Å²) in [6.45, 7) is 0. The molecular formula is C13H23Sn. The summed E-state index contributed by atoms with van der Waals surface area (Å²) in [5.41, 5.74) is 0. The molecule has 4 rings (SSSR count). The van der Waals surface area contributed by atoms with E-state index in [0.29, 0.717) is 0 Å². The van der Waals surface area contributed by atoms with Gasteiger partial charge in [0.1, 0.15) is 0 Å². The molecule has 0 aliphatic heterocycles. The van der Waals surface area contributed by atoms with Gasteiger partial charge in [-0.15, -0.1) is 0 Å². The predicted molar refractivity (Wildman–Crippen MR) is 63.9 cm³/mol. The van der Waals surface area contributed by atoms with E-state index >= 15 is 0 Å². The molecule has 0 nitrogen and oxygen atoms in total. The SMILES string of the molecule is [CH3][Sn]([CH3])([CH3])[C]12CC3C[C@@H]([CH][C@@H](C3)C1)C2. The Labute approximate surface area is 92.7 Å². The molecule has 0 aromatic heterocycles. The van der Waals surface area contributed by atoms with Crippen LogP contribution in [0.3, 0.4) is 0 Å². The molecule has 1 radical (unpaired) electrons. The van der Waals surface area contributed by atoms with Gasteiger partial charge in [-0.2, -0.15) is 0 Å². The van der Waals surface area contributed by atoms with Crippen molar-refractivity contribution in [2.75, 3.05) is 0 Å². The van der Waals surface area contributed by atoms with Crippen molar-refractivity contribution < 1.29 is 0 Å². The molecule has 1 heteroatoms. The van der Waals surface area contributed by atoms with Gasteiger partial charge in [0.15, 0.2) is 0 Å². The van der Waals surface area contributed by atoms with E-state index < -0.39 is 18.4 Å². The molecule has 0 heterocycles. The molecule has 0 spiro atoms. The summed E-state index contributed by atoms with van der Waals surface area (Å²) < 4.78 is 0.917. The van der Waals surface area contributed by atoms with Gasteiger partial charge in [-0.1, -0.05) is 0 Å². The van der Waals surface area contributed by atoms with Crippen LogP contribution >= 0.6 is 0 Å². The van der Waals surface area contributed by atoms with Gasteiger partial charge in [0, 0.05) is 0 Å². The number of hydrogen-bond acceptors (Lipinski definition) is 0. The van der Waals surface area contributed by atoms with Gasteiger partial charge >= 0.3 is 92.9 Å². The molecule has 79 valence electrons. The Morgan fingerprint density at radius 3 is 2.00 bits per heavy atom. The van der Waals surface area contributed by atoms with E-state index in [2.05, 4.69) is 21.2 Å². The minimum absolute atomic E-state index is 0.917. The molecule has 4 atom stereocenters. The maximum absolute atomic E-state index is 2.73. The summed E-state index contributed by atoms with van der Waals surface area (Å²) in [4.78, 5) is 8.05. The fourth-order valence-electron chi connectivity index (χ4n) is 4.69. The molecule has 4 bridgehead atoms. The van der Waals surface area contributed by atoms with Crippen molar-refractivity contribution >= 4 is 18.4 Å². The van der Waals surface area contributed by atoms with Gasteiger partial charge < -0.3 is 0 Å². The first kappa shape index (κ1) is 9.99. The van der Waals surface area contributed by atoms with Crippen LogP contribution in [0.4, 0.5) is 0 Å². The van der Waals surface area contributed by atoms with Crippen LogP contribution in [-0.2, 0) is 0 Å². The summed E-state index contributed by atoms with van der Waals surface area (Å²) in [7, 11) is 0. The first-order valence-corrected chi connectivity index (χ1v) is 16.3. The van der Waals surface area contributed by atoms with Crippen molar-refractivity contribution in [3.05, 3.63) is 6.42 Å². The van der Waals surface area contributed by atoms with E-state index in [0.717, 1.165) is 21.2 Å². The number of rotatable bonds is 1.